The minimum Gasteiger partial charge on any atom is -0.368 e. The molecule has 1 amide bonds. The maximum Gasteiger partial charge on any atom is 0.247 e. The van der Waals surface area contributed by atoms with Gasteiger partial charge in [0.1, 0.15) is 11.4 Å². The van der Waals surface area contributed by atoms with Gasteiger partial charge in [-0.2, -0.15) is 0 Å². The highest BCUT2D eigenvalue weighted by Gasteiger charge is 2.44. The highest BCUT2D eigenvalue weighted by molar-refractivity contribution is 9.10. The predicted molar refractivity (Wildman–Crippen MR) is 83.4 cm³/mol. The zero-order chi connectivity index (χ0) is 15.0. The lowest BCUT2D eigenvalue weighted by Crippen LogP contribution is -2.46. The van der Waals surface area contributed by atoms with Crippen LogP contribution < -0.4 is 11.1 Å². The minimum absolute atomic E-state index is 0.315. The molecule has 0 aromatic heterocycles. The van der Waals surface area contributed by atoms with Crippen LogP contribution in [0, 0.1) is 5.82 Å². The van der Waals surface area contributed by atoms with Crippen LogP contribution in [0.15, 0.2) is 46.9 Å². The van der Waals surface area contributed by atoms with Crippen LogP contribution in [0.2, 0.25) is 0 Å². The molecule has 5 heteroatoms. The molecule has 0 aliphatic heterocycles. The van der Waals surface area contributed by atoms with Crippen LogP contribution >= 0.6 is 15.9 Å². The van der Waals surface area contributed by atoms with Crippen molar-refractivity contribution in [1.82, 2.24) is 0 Å². The first-order chi connectivity index (χ1) is 10.0. The van der Waals surface area contributed by atoms with Crippen LogP contribution in [0.25, 0.3) is 0 Å². The molecule has 0 fully saturated rings. The second-order valence-corrected chi connectivity index (χ2v) is 6.12. The number of benzene rings is 2. The molecule has 1 aliphatic rings. The maximum atomic E-state index is 13.0. The fourth-order valence-corrected chi connectivity index (χ4v) is 3.28. The van der Waals surface area contributed by atoms with Gasteiger partial charge < -0.3 is 11.1 Å². The number of nitrogens with two attached hydrogens (primary N) is 1. The summed E-state index contributed by atoms with van der Waals surface area (Å²) in [6.45, 7) is 0. The topological polar surface area (TPSA) is 55.1 Å². The first-order valence-electron chi connectivity index (χ1n) is 6.64. The van der Waals surface area contributed by atoms with Crippen LogP contribution in [0.5, 0.6) is 0 Å². The first-order valence-corrected chi connectivity index (χ1v) is 7.43. The summed E-state index contributed by atoms with van der Waals surface area (Å²) in [7, 11) is 0. The Hall–Kier alpha value is -1.88. The number of anilines is 1. The highest BCUT2D eigenvalue weighted by atomic mass is 79.9. The van der Waals surface area contributed by atoms with Gasteiger partial charge in [0, 0.05) is 10.2 Å². The second-order valence-electron chi connectivity index (χ2n) is 5.20. The number of nitrogens with one attached hydrogen (secondary N) is 1. The van der Waals surface area contributed by atoms with Crippen molar-refractivity contribution in [3.63, 3.8) is 0 Å². The number of hydrogen-bond donors (Lipinski definition) is 2. The van der Waals surface area contributed by atoms with Gasteiger partial charge in [0.15, 0.2) is 0 Å². The molecule has 0 bridgehead atoms. The Morgan fingerprint density at radius 2 is 1.95 bits per heavy atom. The summed E-state index contributed by atoms with van der Waals surface area (Å²) in [6, 6.07) is 11.7. The molecule has 1 atom stereocenters. The van der Waals surface area contributed by atoms with E-state index in [4.69, 9.17) is 5.73 Å². The van der Waals surface area contributed by atoms with Crippen molar-refractivity contribution in [3.8, 4) is 0 Å². The monoisotopic (exact) mass is 348 g/mol. The number of fused-ring (bicyclic) bond motifs is 1. The van der Waals surface area contributed by atoms with Gasteiger partial charge in [-0.25, -0.2) is 4.39 Å². The van der Waals surface area contributed by atoms with E-state index in [2.05, 4.69) is 21.2 Å². The van der Waals surface area contributed by atoms with E-state index in [1.807, 2.05) is 18.2 Å². The fourth-order valence-electron chi connectivity index (χ4n) is 2.87. The zero-order valence-corrected chi connectivity index (χ0v) is 12.8. The van der Waals surface area contributed by atoms with Crippen LogP contribution in [0.3, 0.4) is 0 Å². The molecule has 1 aliphatic carbocycles. The lowest BCUT2D eigenvalue weighted by molar-refractivity contribution is -0.122. The maximum absolute atomic E-state index is 13.0. The third-order valence-corrected chi connectivity index (χ3v) is 4.41. The van der Waals surface area contributed by atoms with E-state index in [1.54, 1.807) is 12.1 Å². The molecule has 0 saturated heterocycles. The number of amides is 1. The molecular weight excluding hydrogens is 335 g/mol. The van der Waals surface area contributed by atoms with Crippen LogP contribution in [-0.2, 0) is 16.8 Å². The molecule has 3 rings (SSSR count). The molecular formula is C16H14BrFN2O. The Morgan fingerprint density at radius 3 is 2.62 bits per heavy atom. The standard InChI is InChI=1S/C16H14BrFN2O/c17-11-1-6-14-10(9-11)7-8-16(14,15(19)21)20-13-4-2-12(18)3-5-13/h1-6,9,20H,7-8H2,(H2,19,21). The van der Waals surface area contributed by atoms with Crippen molar-refractivity contribution in [2.24, 2.45) is 5.73 Å². The SMILES string of the molecule is NC(=O)C1(Nc2ccc(F)cc2)CCc2cc(Br)ccc21. The van der Waals surface area contributed by atoms with E-state index in [0.29, 0.717) is 12.1 Å². The molecule has 21 heavy (non-hydrogen) atoms. The van der Waals surface area contributed by atoms with Gasteiger partial charge in [0.2, 0.25) is 5.91 Å². The lowest BCUT2D eigenvalue weighted by Gasteiger charge is -2.29. The summed E-state index contributed by atoms with van der Waals surface area (Å²) in [6.07, 6.45) is 1.36. The van der Waals surface area contributed by atoms with Crippen molar-refractivity contribution < 1.29 is 9.18 Å². The summed E-state index contributed by atoms with van der Waals surface area (Å²) >= 11 is 3.44. The summed E-state index contributed by atoms with van der Waals surface area (Å²) in [5.41, 5.74) is 7.40. The average molecular weight is 349 g/mol. The number of halogens is 2. The van der Waals surface area contributed by atoms with E-state index in [0.717, 1.165) is 22.0 Å². The molecule has 3 nitrogen and oxygen atoms in total. The summed E-state index contributed by atoms with van der Waals surface area (Å²) < 4.78 is 14.0. The van der Waals surface area contributed by atoms with Crippen molar-refractivity contribution in [1.29, 1.82) is 0 Å². The van der Waals surface area contributed by atoms with Crippen molar-refractivity contribution >= 4 is 27.5 Å². The first kappa shape index (κ1) is 14.1. The lowest BCUT2D eigenvalue weighted by atomic mass is 9.90. The Balaban J connectivity index is 2.03. The molecule has 0 spiro atoms. The van der Waals surface area contributed by atoms with Gasteiger partial charge in [0.25, 0.3) is 0 Å². The number of hydrogen-bond acceptors (Lipinski definition) is 2. The summed E-state index contributed by atoms with van der Waals surface area (Å²) in [5, 5.41) is 3.20. The Bertz CT molecular complexity index is 702. The number of carbonyl (C=O) groups excluding carboxylic acids is 1. The van der Waals surface area contributed by atoms with Gasteiger partial charge in [-0.1, -0.05) is 22.0 Å². The predicted octanol–water partition coefficient (Wildman–Crippen LogP) is 3.33. The van der Waals surface area contributed by atoms with E-state index < -0.39 is 11.4 Å². The molecule has 108 valence electrons. The van der Waals surface area contributed by atoms with Crippen molar-refractivity contribution in [2.45, 2.75) is 18.4 Å². The van der Waals surface area contributed by atoms with Crippen molar-refractivity contribution in [2.75, 3.05) is 5.32 Å². The molecule has 1 unspecified atom stereocenters. The highest BCUT2D eigenvalue weighted by Crippen LogP contribution is 2.40. The largest absolute Gasteiger partial charge is 0.368 e. The number of rotatable bonds is 3. The normalized spacial score (nSPS) is 20.1. The number of primary amides is 1. The summed E-state index contributed by atoms with van der Waals surface area (Å²) in [4.78, 5) is 12.1. The Morgan fingerprint density at radius 1 is 1.24 bits per heavy atom. The molecule has 2 aromatic carbocycles. The van der Waals surface area contributed by atoms with Gasteiger partial charge in [-0.05, 0) is 60.4 Å². The quantitative estimate of drug-likeness (QED) is 0.893. The molecule has 0 heterocycles. The van der Waals surface area contributed by atoms with Gasteiger partial charge >= 0.3 is 0 Å². The van der Waals surface area contributed by atoms with E-state index in [1.165, 1.54) is 12.1 Å². The third kappa shape index (κ3) is 2.42. The van der Waals surface area contributed by atoms with Gasteiger partial charge in [-0.15, -0.1) is 0 Å². The molecule has 2 aromatic rings. The van der Waals surface area contributed by atoms with E-state index in [9.17, 15) is 9.18 Å². The zero-order valence-electron chi connectivity index (χ0n) is 11.2. The smallest absolute Gasteiger partial charge is 0.247 e. The second kappa shape index (κ2) is 5.15. The van der Waals surface area contributed by atoms with Gasteiger partial charge in [-0.3, -0.25) is 4.79 Å². The number of aryl methyl sites for hydroxylation is 1. The summed E-state index contributed by atoms with van der Waals surface area (Å²) in [5.74, 6) is -0.739. The van der Waals surface area contributed by atoms with Gasteiger partial charge in [0.05, 0.1) is 0 Å². The van der Waals surface area contributed by atoms with E-state index in [-0.39, 0.29) is 5.82 Å². The minimum atomic E-state index is -0.937. The number of carbonyl (C=O) groups is 1. The Kier molecular flexibility index (Phi) is 3.45. The van der Waals surface area contributed by atoms with Crippen LogP contribution in [0.4, 0.5) is 10.1 Å². The average Bonchev–Trinajstić information content (AvgIpc) is 2.81. The molecule has 0 radical (unpaired) electrons. The van der Waals surface area contributed by atoms with Crippen molar-refractivity contribution in [3.05, 3.63) is 63.9 Å². The van der Waals surface area contributed by atoms with Crippen LogP contribution in [0.1, 0.15) is 17.5 Å². The fraction of sp³-hybridized carbons (Fsp3) is 0.188. The van der Waals surface area contributed by atoms with E-state index >= 15 is 0 Å². The molecule has 0 saturated carbocycles. The third-order valence-electron chi connectivity index (χ3n) is 3.92. The Labute approximate surface area is 130 Å². The molecule has 3 N–H and O–H groups in total. The van der Waals surface area contributed by atoms with Crippen LogP contribution in [-0.4, -0.2) is 5.91 Å².